The Labute approximate surface area is 179 Å². The Hall–Kier alpha value is -2.40. The van der Waals surface area contributed by atoms with Crippen molar-refractivity contribution in [2.45, 2.75) is 6.54 Å². The number of anilines is 2. The molecule has 0 radical (unpaired) electrons. The largest absolute Gasteiger partial charge is 0.378 e. The number of piperazine rings is 1. The van der Waals surface area contributed by atoms with Crippen LogP contribution in [0.15, 0.2) is 18.5 Å². The highest BCUT2D eigenvalue weighted by atomic mass is 32.1. The molecule has 30 heavy (non-hydrogen) atoms. The summed E-state index contributed by atoms with van der Waals surface area (Å²) >= 11 is 1.80. The first kappa shape index (κ1) is 19.6. The number of likely N-dealkylation sites (N-methyl/N-ethyl adjacent to an activating group) is 1. The van der Waals surface area contributed by atoms with Gasteiger partial charge in [0, 0.05) is 63.1 Å². The third-order valence-corrected chi connectivity index (χ3v) is 6.73. The maximum absolute atomic E-state index is 5.65. The Kier molecular flexibility index (Phi) is 5.47. The van der Waals surface area contributed by atoms with Crippen LogP contribution in [0.3, 0.4) is 0 Å². The third kappa shape index (κ3) is 4.08. The molecule has 0 amide bonds. The molecule has 3 aromatic rings. The van der Waals surface area contributed by atoms with Crippen LogP contribution in [0.2, 0.25) is 0 Å². The van der Waals surface area contributed by atoms with Crippen LogP contribution in [0.25, 0.3) is 21.6 Å². The first-order valence-electron chi connectivity index (χ1n) is 10.3. The Morgan fingerprint density at radius 1 is 1.03 bits per heavy atom. The van der Waals surface area contributed by atoms with E-state index in [0.717, 1.165) is 67.4 Å². The second kappa shape index (κ2) is 8.38. The summed E-state index contributed by atoms with van der Waals surface area (Å²) in [4.78, 5) is 26.5. The molecule has 0 aliphatic carbocycles. The predicted molar refractivity (Wildman–Crippen MR) is 119 cm³/mol. The van der Waals surface area contributed by atoms with Crippen LogP contribution in [0, 0.1) is 0 Å². The van der Waals surface area contributed by atoms with Crippen molar-refractivity contribution in [2.24, 2.45) is 0 Å². The zero-order valence-electron chi connectivity index (χ0n) is 17.1. The number of morpholine rings is 1. The van der Waals surface area contributed by atoms with Crippen molar-refractivity contribution < 1.29 is 4.74 Å². The van der Waals surface area contributed by atoms with E-state index in [-0.39, 0.29) is 5.95 Å². The number of aromatic nitrogens is 4. The summed E-state index contributed by atoms with van der Waals surface area (Å²) in [5.74, 6) is 1.86. The van der Waals surface area contributed by atoms with Crippen LogP contribution in [0.1, 0.15) is 4.88 Å². The van der Waals surface area contributed by atoms with E-state index in [4.69, 9.17) is 20.4 Å². The van der Waals surface area contributed by atoms with E-state index in [2.05, 4.69) is 37.8 Å². The van der Waals surface area contributed by atoms with Gasteiger partial charge in [-0.2, -0.15) is 0 Å². The molecule has 5 heterocycles. The van der Waals surface area contributed by atoms with E-state index in [1.807, 2.05) is 0 Å². The molecule has 0 saturated carbocycles. The van der Waals surface area contributed by atoms with Gasteiger partial charge in [0.15, 0.2) is 11.6 Å². The van der Waals surface area contributed by atoms with E-state index in [1.54, 1.807) is 23.7 Å². The highest BCUT2D eigenvalue weighted by Gasteiger charge is 2.21. The fourth-order valence-corrected chi connectivity index (χ4v) is 5.00. The normalized spacial score (nSPS) is 18.9. The van der Waals surface area contributed by atoms with Gasteiger partial charge in [-0.25, -0.2) is 19.9 Å². The van der Waals surface area contributed by atoms with Gasteiger partial charge in [0.2, 0.25) is 5.95 Å². The Morgan fingerprint density at radius 3 is 2.50 bits per heavy atom. The van der Waals surface area contributed by atoms with E-state index in [9.17, 15) is 0 Å². The van der Waals surface area contributed by atoms with Crippen LogP contribution in [0.5, 0.6) is 0 Å². The average Bonchev–Trinajstić information content (AvgIpc) is 3.18. The van der Waals surface area contributed by atoms with Crippen LogP contribution < -0.4 is 10.6 Å². The molecule has 2 fully saturated rings. The lowest BCUT2D eigenvalue weighted by Gasteiger charge is -2.31. The highest BCUT2D eigenvalue weighted by Crippen LogP contribution is 2.35. The van der Waals surface area contributed by atoms with Gasteiger partial charge in [-0.1, -0.05) is 0 Å². The third-order valence-electron chi connectivity index (χ3n) is 5.62. The lowest BCUT2D eigenvalue weighted by atomic mass is 10.2. The van der Waals surface area contributed by atoms with Crippen LogP contribution >= 0.6 is 11.3 Å². The monoisotopic (exact) mass is 426 g/mol. The molecule has 2 N–H and O–H groups in total. The summed E-state index contributed by atoms with van der Waals surface area (Å²) in [6, 6.07) is 2.21. The fourth-order valence-electron chi connectivity index (χ4n) is 3.84. The van der Waals surface area contributed by atoms with Crippen molar-refractivity contribution in [3.8, 4) is 11.4 Å². The zero-order chi connectivity index (χ0) is 20.5. The second-order valence-corrected chi connectivity index (χ2v) is 8.94. The summed E-state index contributed by atoms with van der Waals surface area (Å²) in [5, 5.41) is 0. The molecule has 10 heteroatoms. The molecule has 0 spiro atoms. The summed E-state index contributed by atoms with van der Waals surface area (Å²) in [7, 11) is 2.18. The van der Waals surface area contributed by atoms with Gasteiger partial charge < -0.3 is 20.3 Å². The minimum absolute atomic E-state index is 0.248. The quantitative estimate of drug-likeness (QED) is 0.662. The van der Waals surface area contributed by atoms with Gasteiger partial charge in [0.25, 0.3) is 0 Å². The first-order valence-corrected chi connectivity index (χ1v) is 11.1. The maximum atomic E-state index is 5.65. The number of thiophene rings is 1. The molecule has 9 nitrogen and oxygen atoms in total. The lowest BCUT2D eigenvalue weighted by molar-refractivity contribution is 0.122. The Balaban J connectivity index is 1.51. The molecule has 2 aliphatic heterocycles. The summed E-state index contributed by atoms with van der Waals surface area (Å²) in [6.07, 6.45) is 3.37. The fraction of sp³-hybridized carbons (Fsp3) is 0.500. The van der Waals surface area contributed by atoms with E-state index >= 15 is 0 Å². The molecule has 2 aliphatic rings. The molecular formula is C20H26N8OS. The Bertz CT molecular complexity index is 1010. The first-order chi connectivity index (χ1) is 14.7. The van der Waals surface area contributed by atoms with Crippen molar-refractivity contribution >= 4 is 33.3 Å². The number of nitrogens with two attached hydrogens (primary N) is 1. The van der Waals surface area contributed by atoms with Crippen molar-refractivity contribution in [3.63, 3.8) is 0 Å². The zero-order valence-corrected chi connectivity index (χ0v) is 17.9. The topological polar surface area (TPSA) is 96.5 Å². The number of nitrogen functional groups attached to an aromatic ring is 1. The molecule has 3 aromatic heterocycles. The van der Waals surface area contributed by atoms with Crippen molar-refractivity contribution in [2.75, 3.05) is 70.2 Å². The number of ether oxygens (including phenoxy) is 1. The van der Waals surface area contributed by atoms with Gasteiger partial charge in [0.05, 0.1) is 29.0 Å². The SMILES string of the molecule is CN1CCN(Cc2cc3nc(-c4cnc(N)nc4)nc(N4CCOCC4)c3s2)CC1. The Morgan fingerprint density at radius 2 is 1.77 bits per heavy atom. The van der Waals surface area contributed by atoms with E-state index in [0.29, 0.717) is 19.0 Å². The molecule has 158 valence electrons. The minimum atomic E-state index is 0.248. The highest BCUT2D eigenvalue weighted by molar-refractivity contribution is 7.19. The molecular weight excluding hydrogens is 400 g/mol. The smallest absolute Gasteiger partial charge is 0.219 e. The molecule has 2 saturated heterocycles. The average molecular weight is 427 g/mol. The van der Waals surface area contributed by atoms with E-state index < -0.39 is 0 Å². The predicted octanol–water partition coefficient (Wildman–Crippen LogP) is 1.31. The van der Waals surface area contributed by atoms with E-state index in [1.165, 1.54) is 4.88 Å². The molecule has 0 atom stereocenters. The summed E-state index contributed by atoms with van der Waals surface area (Å²) < 4.78 is 6.69. The number of nitrogens with zero attached hydrogens (tertiary/aromatic N) is 7. The van der Waals surface area contributed by atoms with Crippen molar-refractivity contribution in [3.05, 3.63) is 23.3 Å². The lowest BCUT2D eigenvalue weighted by Crippen LogP contribution is -2.43. The second-order valence-electron chi connectivity index (χ2n) is 7.81. The molecule has 5 rings (SSSR count). The molecule has 0 aromatic carbocycles. The molecule has 0 unspecified atom stereocenters. The summed E-state index contributed by atoms with van der Waals surface area (Å²) in [5.41, 5.74) is 7.40. The standard InChI is InChI=1S/C20H26N8OS/c1-26-2-4-27(5-3-26)13-15-10-16-17(30-15)19(28-6-8-29-9-7-28)25-18(24-16)14-11-22-20(21)23-12-14/h10-12H,2-9,13H2,1H3,(H2,21,22,23). The number of hydrogen-bond acceptors (Lipinski definition) is 10. The van der Waals surface area contributed by atoms with Gasteiger partial charge in [-0.15, -0.1) is 11.3 Å². The molecule has 0 bridgehead atoms. The van der Waals surface area contributed by atoms with Gasteiger partial charge in [0.1, 0.15) is 0 Å². The van der Waals surface area contributed by atoms with Crippen LogP contribution in [0.4, 0.5) is 11.8 Å². The number of hydrogen-bond donors (Lipinski definition) is 1. The number of rotatable bonds is 4. The van der Waals surface area contributed by atoms with Crippen molar-refractivity contribution in [1.82, 2.24) is 29.7 Å². The van der Waals surface area contributed by atoms with Crippen molar-refractivity contribution in [1.29, 1.82) is 0 Å². The maximum Gasteiger partial charge on any atom is 0.219 e. The van der Waals surface area contributed by atoms with Gasteiger partial charge >= 0.3 is 0 Å². The van der Waals surface area contributed by atoms with Crippen LogP contribution in [-0.2, 0) is 11.3 Å². The van der Waals surface area contributed by atoms with Gasteiger partial charge in [-0.05, 0) is 13.1 Å². The minimum Gasteiger partial charge on any atom is -0.378 e. The van der Waals surface area contributed by atoms with Gasteiger partial charge in [-0.3, -0.25) is 4.90 Å². The summed E-state index contributed by atoms with van der Waals surface area (Å²) in [6.45, 7) is 8.47. The number of fused-ring (bicyclic) bond motifs is 1. The van der Waals surface area contributed by atoms with Crippen LogP contribution in [-0.4, -0.2) is 89.3 Å².